The largest absolute Gasteiger partial charge is 0.481 e. The number of aromatic nitrogens is 1. The van der Waals surface area contributed by atoms with Gasteiger partial charge >= 0.3 is 0 Å². The minimum atomic E-state index is -0.680. The summed E-state index contributed by atoms with van der Waals surface area (Å²) in [5.74, 6) is 0.501. The van der Waals surface area contributed by atoms with Gasteiger partial charge < -0.3 is 14.8 Å². The van der Waals surface area contributed by atoms with Gasteiger partial charge in [-0.05, 0) is 32.3 Å². The number of pyridine rings is 1. The van der Waals surface area contributed by atoms with Gasteiger partial charge in [0.1, 0.15) is 5.60 Å². The molecule has 1 fully saturated rings. The second kappa shape index (κ2) is 7.58. The fourth-order valence-electron chi connectivity index (χ4n) is 2.88. The number of ether oxygens (including phenoxy) is 2. The number of carbonyl (C=O) groups is 1. The van der Waals surface area contributed by atoms with Crippen molar-refractivity contribution in [1.82, 2.24) is 4.98 Å². The van der Waals surface area contributed by atoms with Crippen LogP contribution in [0.5, 0.6) is 5.88 Å². The lowest BCUT2D eigenvalue weighted by Crippen LogP contribution is -2.47. The van der Waals surface area contributed by atoms with Crippen molar-refractivity contribution in [2.75, 3.05) is 19.0 Å². The highest BCUT2D eigenvalue weighted by Gasteiger charge is 2.40. The maximum absolute atomic E-state index is 12.8. The van der Waals surface area contributed by atoms with Crippen LogP contribution in [0, 0.1) is 6.92 Å². The van der Waals surface area contributed by atoms with E-state index in [1.165, 1.54) is 6.42 Å². The topological polar surface area (TPSA) is 60.5 Å². The highest BCUT2D eigenvalue weighted by Crippen LogP contribution is 2.33. The quantitative estimate of drug-likeness (QED) is 0.874. The normalized spacial score (nSPS) is 17.0. The average molecular weight is 306 g/mol. The highest BCUT2D eigenvalue weighted by molar-refractivity contribution is 5.97. The fourth-order valence-corrected chi connectivity index (χ4v) is 2.88. The van der Waals surface area contributed by atoms with E-state index in [4.69, 9.17) is 9.47 Å². The van der Waals surface area contributed by atoms with Crippen molar-refractivity contribution >= 4 is 11.6 Å². The minimum Gasteiger partial charge on any atom is -0.481 e. The Morgan fingerprint density at radius 2 is 2.05 bits per heavy atom. The summed E-state index contributed by atoms with van der Waals surface area (Å²) in [5.41, 5.74) is 0.783. The Labute approximate surface area is 132 Å². The molecule has 122 valence electrons. The number of amides is 1. The van der Waals surface area contributed by atoms with Crippen LogP contribution in [0.15, 0.2) is 12.1 Å². The SMILES string of the molecule is CCCOC1(C(=O)Nc2ccc(OC)nc2C)CCCCC1. The molecule has 1 saturated carbocycles. The summed E-state index contributed by atoms with van der Waals surface area (Å²) in [7, 11) is 1.58. The Morgan fingerprint density at radius 3 is 2.64 bits per heavy atom. The van der Waals surface area contributed by atoms with E-state index in [1.54, 1.807) is 13.2 Å². The van der Waals surface area contributed by atoms with Crippen molar-refractivity contribution in [3.63, 3.8) is 0 Å². The van der Waals surface area contributed by atoms with Crippen LogP contribution in [0.2, 0.25) is 0 Å². The molecule has 1 aromatic heterocycles. The molecule has 0 spiro atoms. The molecule has 1 amide bonds. The average Bonchev–Trinajstić information content (AvgIpc) is 2.55. The van der Waals surface area contributed by atoms with Gasteiger partial charge in [-0.3, -0.25) is 4.79 Å². The van der Waals surface area contributed by atoms with Crippen LogP contribution >= 0.6 is 0 Å². The monoisotopic (exact) mass is 306 g/mol. The first-order chi connectivity index (χ1) is 10.6. The summed E-state index contributed by atoms with van der Waals surface area (Å²) in [4.78, 5) is 17.1. The summed E-state index contributed by atoms with van der Waals surface area (Å²) < 4.78 is 11.1. The van der Waals surface area contributed by atoms with Gasteiger partial charge in [-0.2, -0.15) is 0 Å². The van der Waals surface area contributed by atoms with E-state index in [9.17, 15) is 4.79 Å². The van der Waals surface area contributed by atoms with Crippen molar-refractivity contribution < 1.29 is 14.3 Å². The molecule has 0 unspecified atom stereocenters. The highest BCUT2D eigenvalue weighted by atomic mass is 16.5. The van der Waals surface area contributed by atoms with Gasteiger partial charge in [0.15, 0.2) is 0 Å². The molecule has 0 bridgehead atoms. The molecular formula is C17H26N2O3. The van der Waals surface area contributed by atoms with Crippen LogP contribution in [0.3, 0.4) is 0 Å². The lowest BCUT2D eigenvalue weighted by molar-refractivity contribution is -0.146. The van der Waals surface area contributed by atoms with Crippen LogP contribution in [-0.4, -0.2) is 30.2 Å². The molecule has 1 aliphatic rings. The molecular weight excluding hydrogens is 280 g/mol. The van der Waals surface area contributed by atoms with Crippen LogP contribution in [-0.2, 0) is 9.53 Å². The second-order valence-electron chi connectivity index (χ2n) is 5.84. The third-order valence-electron chi connectivity index (χ3n) is 4.18. The molecule has 0 saturated heterocycles. The maximum Gasteiger partial charge on any atom is 0.256 e. The summed E-state index contributed by atoms with van der Waals surface area (Å²) >= 11 is 0. The number of aryl methyl sites for hydroxylation is 1. The number of hydrogen-bond acceptors (Lipinski definition) is 4. The van der Waals surface area contributed by atoms with Gasteiger partial charge in [0.25, 0.3) is 5.91 Å². The zero-order valence-electron chi connectivity index (χ0n) is 13.8. The van der Waals surface area contributed by atoms with Crippen molar-refractivity contribution in [3.8, 4) is 5.88 Å². The van der Waals surface area contributed by atoms with Gasteiger partial charge in [0, 0.05) is 12.7 Å². The van der Waals surface area contributed by atoms with Gasteiger partial charge in [0.2, 0.25) is 5.88 Å². The van der Waals surface area contributed by atoms with E-state index >= 15 is 0 Å². The molecule has 0 aromatic carbocycles. The first-order valence-corrected chi connectivity index (χ1v) is 8.08. The van der Waals surface area contributed by atoms with Gasteiger partial charge in [0.05, 0.1) is 18.5 Å². The summed E-state index contributed by atoms with van der Waals surface area (Å²) in [6.45, 7) is 4.54. The minimum absolute atomic E-state index is 0.0456. The standard InChI is InChI=1S/C17H26N2O3/c1-4-12-22-17(10-6-5-7-11-17)16(20)19-14-8-9-15(21-3)18-13(14)2/h8-9H,4-7,10-12H2,1-3H3,(H,19,20). The first-order valence-electron chi connectivity index (χ1n) is 8.08. The number of carbonyl (C=O) groups excluding carboxylic acids is 1. The van der Waals surface area contributed by atoms with E-state index in [2.05, 4.69) is 17.2 Å². The maximum atomic E-state index is 12.8. The predicted octanol–water partition coefficient (Wildman–Crippen LogP) is 3.47. The van der Waals surface area contributed by atoms with Crippen molar-refractivity contribution in [3.05, 3.63) is 17.8 Å². The first kappa shape index (κ1) is 16.7. The van der Waals surface area contributed by atoms with Crippen LogP contribution in [0.4, 0.5) is 5.69 Å². The fraction of sp³-hybridized carbons (Fsp3) is 0.647. The smallest absolute Gasteiger partial charge is 0.256 e. The molecule has 2 rings (SSSR count). The van der Waals surface area contributed by atoms with Crippen LogP contribution < -0.4 is 10.1 Å². The Kier molecular flexibility index (Phi) is 5.77. The summed E-state index contributed by atoms with van der Waals surface area (Å²) in [6.07, 6.45) is 5.75. The van der Waals surface area contributed by atoms with E-state index < -0.39 is 5.60 Å². The Balaban J connectivity index is 2.13. The van der Waals surface area contributed by atoms with Crippen molar-refractivity contribution in [2.24, 2.45) is 0 Å². The molecule has 0 radical (unpaired) electrons. The van der Waals surface area contributed by atoms with E-state index in [0.29, 0.717) is 12.5 Å². The van der Waals surface area contributed by atoms with E-state index in [-0.39, 0.29) is 5.91 Å². The zero-order valence-corrected chi connectivity index (χ0v) is 13.8. The molecule has 0 aliphatic heterocycles. The summed E-state index contributed by atoms with van der Waals surface area (Å²) in [5, 5.41) is 3.00. The van der Waals surface area contributed by atoms with Gasteiger partial charge in [-0.25, -0.2) is 4.98 Å². The number of nitrogens with one attached hydrogen (secondary N) is 1. The second-order valence-corrected chi connectivity index (χ2v) is 5.84. The number of hydrogen-bond donors (Lipinski definition) is 1. The van der Waals surface area contributed by atoms with Gasteiger partial charge in [-0.15, -0.1) is 0 Å². The molecule has 1 aromatic rings. The van der Waals surface area contributed by atoms with Crippen LogP contribution in [0.25, 0.3) is 0 Å². The molecule has 22 heavy (non-hydrogen) atoms. The van der Waals surface area contributed by atoms with E-state index in [0.717, 1.165) is 43.5 Å². The molecule has 1 aliphatic carbocycles. The molecule has 1 heterocycles. The molecule has 0 atom stereocenters. The third-order valence-corrected chi connectivity index (χ3v) is 4.18. The molecule has 5 heteroatoms. The Hall–Kier alpha value is -1.62. The summed E-state index contributed by atoms with van der Waals surface area (Å²) in [6, 6.07) is 3.58. The molecule has 5 nitrogen and oxygen atoms in total. The lowest BCUT2D eigenvalue weighted by atomic mass is 9.83. The number of rotatable bonds is 6. The number of anilines is 1. The van der Waals surface area contributed by atoms with Gasteiger partial charge in [-0.1, -0.05) is 26.2 Å². The number of methoxy groups -OCH3 is 1. The van der Waals surface area contributed by atoms with Crippen LogP contribution in [0.1, 0.15) is 51.1 Å². The van der Waals surface area contributed by atoms with Crippen molar-refractivity contribution in [1.29, 1.82) is 0 Å². The Morgan fingerprint density at radius 1 is 1.32 bits per heavy atom. The zero-order chi connectivity index (χ0) is 16.0. The van der Waals surface area contributed by atoms with E-state index in [1.807, 2.05) is 13.0 Å². The predicted molar refractivity (Wildman–Crippen MR) is 86.2 cm³/mol. The lowest BCUT2D eigenvalue weighted by Gasteiger charge is -2.35. The molecule has 1 N–H and O–H groups in total. The number of nitrogens with zero attached hydrogens (tertiary/aromatic N) is 1. The Bertz CT molecular complexity index is 511. The third kappa shape index (κ3) is 3.77. The van der Waals surface area contributed by atoms with Crippen molar-refractivity contribution in [2.45, 2.75) is 58.0 Å².